The van der Waals surface area contributed by atoms with E-state index >= 15 is 0 Å². The lowest BCUT2D eigenvalue weighted by Gasteiger charge is -2.16. The molecular weight excluding hydrogens is 250 g/mol. The predicted molar refractivity (Wildman–Crippen MR) is 81.9 cm³/mol. The number of methoxy groups -OCH3 is 2. The zero-order valence-corrected chi connectivity index (χ0v) is 12.3. The number of aryl methyl sites for hydroxylation is 1. The maximum absolute atomic E-state index is 5.59. The minimum Gasteiger partial charge on any atom is -0.496 e. The molecule has 1 aliphatic rings. The Morgan fingerprint density at radius 2 is 1.65 bits per heavy atom. The number of benzene rings is 2. The molecule has 1 unspecified atom stereocenters. The molecule has 2 aromatic carbocycles. The Hall–Kier alpha value is -1.74. The summed E-state index contributed by atoms with van der Waals surface area (Å²) in [5.41, 5.74) is 2.62. The van der Waals surface area contributed by atoms with E-state index in [1.807, 2.05) is 7.05 Å². The van der Waals surface area contributed by atoms with Crippen molar-refractivity contribution in [2.24, 2.45) is 0 Å². The third-order valence-corrected chi connectivity index (χ3v) is 4.36. The van der Waals surface area contributed by atoms with E-state index < -0.39 is 0 Å². The maximum Gasteiger partial charge on any atom is 0.122 e. The molecule has 0 spiro atoms. The van der Waals surface area contributed by atoms with Gasteiger partial charge in [0.1, 0.15) is 11.5 Å². The standard InChI is InChI=1S/C17H21NO2/c1-18-12-6-7-13-15(19-2)8-4-11-5-9-16(20-3)14(10-12)17(11)13/h4-5,8-9,12,18H,6-7,10H2,1-3H3. The van der Waals surface area contributed by atoms with Gasteiger partial charge in [0.15, 0.2) is 0 Å². The first-order valence-electron chi connectivity index (χ1n) is 7.11. The average molecular weight is 271 g/mol. The van der Waals surface area contributed by atoms with Crippen LogP contribution >= 0.6 is 0 Å². The summed E-state index contributed by atoms with van der Waals surface area (Å²) in [4.78, 5) is 0. The minimum absolute atomic E-state index is 0.478. The van der Waals surface area contributed by atoms with Crippen LogP contribution < -0.4 is 14.8 Å². The third kappa shape index (κ3) is 2.02. The smallest absolute Gasteiger partial charge is 0.122 e. The highest BCUT2D eigenvalue weighted by molar-refractivity contribution is 5.93. The van der Waals surface area contributed by atoms with E-state index in [4.69, 9.17) is 9.47 Å². The van der Waals surface area contributed by atoms with E-state index in [-0.39, 0.29) is 0 Å². The van der Waals surface area contributed by atoms with Gasteiger partial charge in [-0.2, -0.15) is 0 Å². The quantitative estimate of drug-likeness (QED) is 0.931. The number of ether oxygens (including phenoxy) is 2. The van der Waals surface area contributed by atoms with Crippen molar-refractivity contribution in [2.75, 3.05) is 21.3 Å². The van der Waals surface area contributed by atoms with E-state index in [0.29, 0.717) is 6.04 Å². The van der Waals surface area contributed by atoms with Crippen molar-refractivity contribution in [3.8, 4) is 11.5 Å². The number of nitrogens with one attached hydrogen (secondary N) is 1. The summed E-state index contributed by atoms with van der Waals surface area (Å²) >= 11 is 0. The molecule has 3 heteroatoms. The summed E-state index contributed by atoms with van der Waals surface area (Å²) in [7, 11) is 5.53. The lowest BCUT2D eigenvalue weighted by atomic mass is 9.96. The van der Waals surface area contributed by atoms with Crippen LogP contribution in [0.3, 0.4) is 0 Å². The normalized spacial score (nSPS) is 17.9. The van der Waals surface area contributed by atoms with Crippen LogP contribution in [-0.2, 0) is 12.8 Å². The molecule has 3 rings (SSSR count). The van der Waals surface area contributed by atoms with Crippen molar-refractivity contribution in [3.05, 3.63) is 35.4 Å². The topological polar surface area (TPSA) is 30.5 Å². The molecule has 1 atom stereocenters. The second-order valence-electron chi connectivity index (χ2n) is 5.32. The van der Waals surface area contributed by atoms with Crippen molar-refractivity contribution in [1.29, 1.82) is 0 Å². The molecule has 0 saturated heterocycles. The van der Waals surface area contributed by atoms with Crippen molar-refractivity contribution in [1.82, 2.24) is 5.32 Å². The van der Waals surface area contributed by atoms with E-state index in [0.717, 1.165) is 30.8 Å². The van der Waals surface area contributed by atoms with Crippen LogP contribution in [0, 0.1) is 0 Å². The van der Waals surface area contributed by atoms with Gasteiger partial charge in [0.2, 0.25) is 0 Å². The van der Waals surface area contributed by atoms with Crippen LogP contribution in [-0.4, -0.2) is 27.3 Å². The molecule has 3 nitrogen and oxygen atoms in total. The van der Waals surface area contributed by atoms with E-state index in [9.17, 15) is 0 Å². The fraction of sp³-hybridized carbons (Fsp3) is 0.412. The zero-order chi connectivity index (χ0) is 14.1. The third-order valence-electron chi connectivity index (χ3n) is 4.36. The van der Waals surface area contributed by atoms with E-state index in [1.165, 1.54) is 21.9 Å². The molecule has 106 valence electrons. The Bertz CT molecular complexity index is 631. The minimum atomic E-state index is 0.478. The Kier molecular flexibility index (Phi) is 3.53. The fourth-order valence-electron chi connectivity index (χ4n) is 3.28. The Morgan fingerprint density at radius 1 is 1.00 bits per heavy atom. The molecule has 0 aromatic heterocycles. The van der Waals surface area contributed by atoms with E-state index in [2.05, 4.69) is 29.6 Å². The summed E-state index contributed by atoms with van der Waals surface area (Å²) in [6.07, 6.45) is 3.15. The van der Waals surface area contributed by atoms with E-state index in [1.54, 1.807) is 14.2 Å². The van der Waals surface area contributed by atoms with Gasteiger partial charge in [-0.25, -0.2) is 0 Å². The molecule has 0 bridgehead atoms. The van der Waals surface area contributed by atoms with Gasteiger partial charge in [-0.1, -0.05) is 12.1 Å². The number of rotatable bonds is 3. The molecule has 0 fully saturated rings. The fourth-order valence-corrected chi connectivity index (χ4v) is 3.28. The molecular formula is C17H21NO2. The van der Waals surface area contributed by atoms with Crippen LogP contribution in [0.15, 0.2) is 24.3 Å². The average Bonchev–Trinajstić information content (AvgIpc) is 2.69. The highest BCUT2D eigenvalue weighted by atomic mass is 16.5. The second kappa shape index (κ2) is 5.33. The Balaban J connectivity index is 2.31. The summed E-state index contributed by atoms with van der Waals surface area (Å²) in [6, 6.07) is 8.91. The molecule has 0 saturated carbocycles. The molecule has 1 aliphatic carbocycles. The Morgan fingerprint density at radius 3 is 2.25 bits per heavy atom. The van der Waals surface area contributed by atoms with Crippen molar-refractivity contribution < 1.29 is 9.47 Å². The van der Waals surface area contributed by atoms with Gasteiger partial charge in [-0.15, -0.1) is 0 Å². The predicted octanol–water partition coefficient (Wildman–Crippen LogP) is 2.93. The highest BCUT2D eigenvalue weighted by Gasteiger charge is 2.22. The van der Waals surface area contributed by atoms with Gasteiger partial charge in [-0.3, -0.25) is 0 Å². The zero-order valence-electron chi connectivity index (χ0n) is 12.3. The monoisotopic (exact) mass is 271 g/mol. The summed E-state index contributed by atoms with van der Waals surface area (Å²) in [5.74, 6) is 1.97. The maximum atomic E-state index is 5.59. The van der Waals surface area contributed by atoms with Gasteiger partial charge in [0, 0.05) is 17.2 Å². The van der Waals surface area contributed by atoms with Crippen LogP contribution in [0.5, 0.6) is 11.5 Å². The molecule has 1 N–H and O–H groups in total. The summed E-state index contributed by atoms with van der Waals surface area (Å²) in [6.45, 7) is 0. The van der Waals surface area contributed by atoms with Crippen molar-refractivity contribution >= 4 is 10.8 Å². The number of likely N-dealkylation sites (N-methyl/N-ethyl adjacent to an activating group) is 1. The van der Waals surface area contributed by atoms with Crippen LogP contribution in [0.1, 0.15) is 17.5 Å². The molecule has 0 radical (unpaired) electrons. The van der Waals surface area contributed by atoms with Gasteiger partial charge in [0.05, 0.1) is 14.2 Å². The number of hydrogen-bond acceptors (Lipinski definition) is 3. The summed E-state index contributed by atoms with van der Waals surface area (Å²) in [5, 5.41) is 6.01. The molecule has 20 heavy (non-hydrogen) atoms. The van der Waals surface area contributed by atoms with Crippen LogP contribution in [0.4, 0.5) is 0 Å². The first kappa shape index (κ1) is 13.3. The largest absolute Gasteiger partial charge is 0.496 e. The molecule has 0 amide bonds. The second-order valence-corrected chi connectivity index (χ2v) is 5.32. The first-order chi connectivity index (χ1) is 9.78. The summed E-state index contributed by atoms with van der Waals surface area (Å²) < 4.78 is 11.2. The molecule has 2 aromatic rings. The van der Waals surface area contributed by atoms with Crippen LogP contribution in [0.2, 0.25) is 0 Å². The Labute approximate surface area is 119 Å². The first-order valence-corrected chi connectivity index (χ1v) is 7.11. The molecule has 0 heterocycles. The van der Waals surface area contributed by atoms with Gasteiger partial charge >= 0.3 is 0 Å². The van der Waals surface area contributed by atoms with Gasteiger partial charge in [0.25, 0.3) is 0 Å². The lowest BCUT2D eigenvalue weighted by molar-refractivity contribution is 0.406. The lowest BCUT2D eigenvalue weighted by Crippen LogP contribution is -2.27. The highest BCUT2D eigenvalue weighted by Crippen LogP contribution is 2.38. The van der Waals surface area contributed by atoms with Crippen molar-refractivity contribution in [2.45, 2.75) is 25.3 Å². The molecule has 0 aliphatic heterocycles. The van der Waals surface area contributed by atoms with Crippen LogP contribution in [0.25, 0.3) is 10.8 Å². The van der Waals surface area contributed by atoms with Gasteiger partial charge in [-0.05, 0) is 49.2 Å². The SMILES string of the molecule is CNC1CCc2c(OC)ccc3ccc(OC)c(c23)C1. The number of hydrogen-bond donors (Lipinski definition) is 1. The van der Waals surface area contributed by atoms with Crippen molar-refractivity contribution in [3.63, 3.8) is 0 Å². The van der Waals surface area contributed by atoms with Gasteiger partial charge < -0.3 is 14.8 Å².